The predicted octanol–water partition coefficient (Wildman–Crippen LogP) is 3.07. The number of anilines is 1. The molecule has 1 amide bonds. The minimum absolute atomic E-state index is 0.278. The van der Waals surface area contributed by atoms with Crippen LogP contribution in [0.4, 0.5) is 5.69 Å². The molecule has 4 nitrogen and oxygen atoms in total. The van der Waals surface area contributed by atoms with E-state index in [0.717, 1.165) is 5.56 Å². The van der Waals surface area contributed by atoms with E-state index in [2.05, 4.69) is 10.3 Å². The summed E-state index contributed by atoms with van der Waals surface area (Å²) >= 11 is 12.2. The van der Waals surface area contributed by atoms with Crippen molar-refractivity contribution in [1.29, 1.82) is 0 Å². The molecule has 0 fully saturated rings. The molecule has 1 heterocycles. The molecule has 2 aromatic carbocycles. The molecule has 0 spiro atoms. The van der Waals surface area contributed by atoms with Gasteiger partial charge < -0.3 is 11.1 Å². The largest absolute Gasteiger partial charge is 0.321 e. The van der Waals surface area contributed by atoms with Crippen molar-refractivity contribution in [3.05, 3.63) is 63.6 Å². The second kappa shape index (κ2) is 5.48. The number of nitrogens with two attached hydrogens (primary N) is 1. The van der Waals surface area contributed by atoms with Crippen LogP contribution in [-0.4, -0.2) is 17.8 Å². The molecule has 0 radical (unpaired) electrons. The molecule has 1 atom stereocenters. The Balaban J connectivity index is 2.27. The lowest BCUT2D eigenvalue weighted by atomic mass is 10.0. The molecule has 3 N–H and O–H groups in total. The first-order valence-electron chi connectivity index (χ1n) is 6.26. The van der Waals surface area contributed by atoms with Crippen LogP contribution in [0.15, 0.2) is 47.5 Å². The number of nitrogens with zero attached hydrogens (tertiary/aromatic N) is 1. The smallest absolute Gasteiger partial charge is 0.263 e. The molecule has 1 aliphatic rings. The van der Waals surface area contributed by atoms with Gasteiger partial charge in [0, 0.05) is 11.1 Å². The van der Waals surface area contributed by atoms with Gasteiger partial charge in [-0.1, -0.05) is 53.5 Å². The summed E-state index contributed by atoms with van der Waals surface area (Å²) in [6.45, 7) is 0. The van der Waals surface area contributed by atoms with Crippen LogP contribution in [0, 0.1) is 0 Å². The number of amides is 1. The van der Waals surface area contributed by atoms with Crippen molar-refractivity contribution >= 4 is 40.5 Å². The molecule has 0 saturated heterocycles. The lowest BCUT2D eigenvalue weighted by molar-refractivity contribution is -0.117. The van der Waals surface area contributed by atoms with E-state index in [1.54, 1.807) is 12.1 Å². The maximum absolute atomic E-state index is 12.0. The first-order chi connectivity index (χ1) is 10.1. The molecular weight excluding hydrogens is 309 g/mol. The number of benzodiazepines with no additional fused rings is 1. The van der Waals surface area contributed by atoms with Crippen LogP contribution in [0.25, 0.3) is 0 Å². The first kappa shape index (κ1) is 14.1. The third-order valence-corrected chi connectivity index (χ3v) is 3.99. The van der Waals surface area contributed by atoms with Crippen LogP contribution >= 0.6 is 23.2 Å². The summed E-state index contributed by atoms with van der Waals surface area (Å²) < 4.78 is 0. The van der Waals surface area contributed by atoms with Crippen molar-refractivity contribution in [3.8, 4) is 0 Å². The number of nitrogens with one attached hydrogen (secondary N) is 1. The van der Waals surface area contributed by atoms with Gasteiger partial charge in [0.15, 0.2) is 6.17 Å². The summed E-state index contributed by atoms with van der Waals surface area (Å²) in [4.78, 5) is 16.3. The Bertz CT molecular complexity index is 744. The molecule has 0 saturated carbocycles. The van der Waals surface area contributed by atoms with Gasteiger partial charge >= 0.3 is 0 Å². The Morgan fingerprint density at radius 1 is 1.10 bits per heavy atom. The number of rotatable bonds is 1. The van der Waals surface area contributed by atoms with Crippen LogP contribution in [0.2, 0.25) is 10.0 Å². The standard InChI is InChI=1S/C15H11Cl2N3O/c16-10-7-6-9-12(8-4-2-1-3-5-8)19-14(18)15(21)20-13(9)11(10)17/h1-7,14H,18H2,(H,20,21). The zero-order valence-corrected chi connectivity index (χ0v) is 12.3. The average Bonchev–Trinajstić information content (AvgIpc) is 2.62. The fraction of sp³-hybridized carbons (Fsp3) is 0.0667. The minimum Gasteiger partial charge on any atom is -0.321 e. The van der Waals surface area contributed by atoms with Crippen molar-refractivity contribution < 1.29 is 4.79 Å². The van der Waals surface area contributed by atoms with Gasteiger partial charge in [-0.05, 0) is 12.1 Å². The van der Waals surface area contributed by atoms with Gasteiger partial charge in [-0.15, -0.1) is 0 Å². The Hall–Kier alpha value is -1.88. The van der Waals surface area contributed by atoms with Gasteiger partial charge in [0.1, 0.15) is 0 Å². The second-order valence-electron chi connectivity index (χ2n) is 4.56. The van der Waals surface area contributed by atoms with Crippen LogP contribution in [0.5, 0.6) is 0 Å². The Morgan fingerprint density at radius 3 is 2.52 bits per heavy atom. The average molecular weight is 320 g/mol. The van der Waals surface area contributed by atoms with E-state index in [4.69, 9.17) is 28.9 Å². The number of aliphatic imine (C=N–C) groups is 1. The molecule has 2 aromatic rings. The number of hydrogen-bond acceptors (Lipinski definition) is 3. The number of carbonyl (C=O) groups excluding carboxylic acids is 1. The summed E-state index contributed by atoms with van der Waals surface area (Å²) in [6, 6.07) is 12.9. The topological polar surface area (TPSA) is 67.5 Å². The third kappa shape index (κ3) is 2.53. The van der Waals surface area contributed by atoms with Crippen LogP contribution in [0.3, 0.4) is 0 Å². The molecule has 0 bridgehead atoms. The summed E-state index contributed by atoms with van der Waals surface area (Å²) in [6.07, 6.45) is -0.998. The number of benzene rings is 2. The lowest BCUT2D eigenvalue weighted by Crippen LogP contribution is -2.33. The van der Waals surface area contributed by atoms with Gasteiger partial charge in [-0.3, -0.25) is 9.79 Å². The highest BCUT2D eigenvalue weighted by Gasteiger charge is 2.25. The fourth-order valence-corrected chi connectivity index (χ4v) is 2.53. The normalized spacial score (nSPS) is 17.6. The second-order valence-corrected chi connectivity index (χ2v) is 5.35. The molecule has 0 aliphatic carbocycles. The van der Waals surface area contributed by atoms with E-state index >= 15 is 0 Å². The maximum atomic E-state index is 12.0. The molecular formula is C15H11Cl2N3O. The minimum atomic E-state index is -0.998. The lowest BCUT2D eigenvalue weighted by Gasteiger charge is -2.12. The quantitative estimate of drug-likeness (QED) is 0.848. The van der Waals surface area contributed by atoms with E-state index in [9.17, 15) is 4.79 Å². The highest BCUT2D eigenvalue weighted by molar-refractivity contribution is 6.45. The zero-order valence-electron chi connectivity index (χ0n) is 10.8. The molecule has 106 valence electrons. The number of hydrogen-bond donors (Lipinski definition) is 2. The van der Waals surface area contributed by atoms with Gasteiger partial charge in [0.2, 0.25) is 0 Å². The Labute approximate surface area is 131 Å². The van der Waals surface area contributed by atoms with Crippen LogP contribution in [-0.2, 0) is 4.79 Å². The molecule has 21 heavy (non-hydrogen) atoms. The summed E-state index contributed by atoms with van der Waals surface area (Å²) in [5.41, 5.74) is 8.38. The van der Waals surface area contributed by atoms with E-state index in [1.807, 2.05) is 30.3 Å². The third-order valence-electron chi connectivity index (χ3n) is 3.18. The van der Waals surface area contributed by atoms with E-state index in [0.29, 0.717) is 22.0 Å². The predicted molar refractivity (Wildman–Crippen MR) is 85.1 cm³/mol. The Kier molecular flexibility index (Phi) is 3.68. The van der Waals surface area contributed by atoms with Crippen molar-refractivity contribution in [1.82, 2.24) is 0 Å². The zero-order chi connectivity index (χ0) is 15.0. The molecule has 6 heteroatoms. The molecule has 1 aliphatic heterocycles. The van der Waals surface area contributed by atoms with E-state index in [1.165, 1.54) is 0 Å². The monoisotopic (exact) mass is 319 g/mol. The highest BCUT2D eigenvalue weighted by atomic mass is 35.5. The van der Waals surface area contributed by atoms with Crippen molar-refractivity contribution in [2.45, 2.75) is 6.17 Å². The SMILES string of the molecule is NC1N=C(c2ccccc2)c2ccc(Cl)c(Cl)c2NC1=O. The fourth-order valence-electron chi connectivity index (χ4n) is 2.16. The number of halogens is 2. The van der Waals surface area contributed by atoms with Crippen LogP contribution in [0.1, 0.15) is 11.1 Å². The van der Waals surface area contributed by atoms with E-state index < -0.39 is 12.1 Å². The van der Waals surface area contributed by atoms with Gasteiger partial charge in [0.05, 0.1) is 21.4 Å². The summed E-state index contributed by atoms with van der Waals surface area (Å²) in [5, 5.41) is 3.32. The highest BCUT2D eigenvalue weighted by Crippen LogP contribution is 2.35. The van der Waals surface area contributed by atoms with Crippen molar-refractivity contribution in [3.63, 3.8) is 0 Å². The van der Waals surface area contributed by atoms with Gasteiger partial charge in [-0.2, -0.15) is 0 Å². The van der Waals surface area contributed by atoms with Crippen LogP contribution < -0.4 is 11.1 Å². The van der Waals surface area contributed by atoms with E-state index in [-0.39, 0.29) is 5.02 Å². The molecule has 0 aromatic heterocycles. The first-order valence-corrected chi connectivity index (χ1v) is 7.01. The maximum Gasteiger partial charge on any atom is 0.263 e. The van der Waals surface area contributed by atoms with Gasteiger partial charge in [0.25, 0.3) is 5.91 Å². The summed E-state index contributed by atoms with van der Waals surface area (Å²) in [5.74, 6) is -0.425. The van der Waals surface area contributed by atoms with Crippen molar-refractivity contribution in [2.75, 3.05) is 5.32 Å². The summed E-state index contributed by atoms with van der Waals surface area (Å²) in [7, 11) is 0. The molecule has 1 unspecified atom stereocenters. The number of fused-ring (bicyclic) bond motifs is 1. The van der Waals surface area contributed by atoms with Gasteiger partial charge in [-0.25, -0.2) is 0 Å². The van der Waals surface area contributed by atoms with Crippen molar-refractivity contribution in [2.24, 2.45) is 10.7 Å². The number of carbonyl (C=O) groups is 1. The Morgan fingerprint density at radius 2 is 1.81 bits per heavy atom. The molecule has 3 rings (SSSR count).